The first-order valence-corrected chi connectivity index (χ1v) is 10.1. The van der Waals surface area contributed by atoms with Crippen molar-refractivity contribution >= 4 is 16.0 Å². The molecule has 25 heavy (non-hydrogen) atoms. The maximum atomic E-state index is 13.0. The molecule has 0 amide bonds. The van der Waals surface area contributed by atoms with Gasteiger partial charge in [-0.3, -0.25) is 0 Å². The Morgan fingerprint density at radius 1 is 1.24 bits per heavy atom. The first-order valence-electron chi connectivity index (χ1n) is 8.63. The molecule has 7 heteroatoms. The molecule has 1 aliphatic heterocycles. The van der Waals surface area contributed by atoms with Crippen molar-refractivity contribution < 1.29 is 8.42 Å². The molecule has 0 unspecified atom stereocenters. The van der Waals surface area contributed by atoms with E-state index < -0.39 is 10.0 Å². The second kappa shape index (κ2) is 9.44. The number of piperidine rings is 1. The van der Waals surface area contributed by atoms with Crippen LogP contribution in [0.25, 0.3) is 0 Å². The van der Waals surface area contributed by atoms with Crippen LogP contribution in [0.5, 0.6) is 0 Å². The van der Waals surface area contributed by atoms with E-state index in [1.165, 1.54) is 0 Å². The minimum absolute atomic E-state index is 0.267. The third-order valence-corrected chi connectivity index (χ3v) is 6.01. The number of sulfonamides is 1. The van der Waals surface area contributed by atoms with E-state index in [-0.39, 0.29) is 6.54 Å². The summed E-state index contributed by atoms with van der Waals surface area (Å²) >= 11 is 0. The van der Waals surface area contributed by atoms with Gasteiger partial charge >= 0.3 is 0 Å². The molecule has 0 saturated carbocycles. The van der Waals surface area contributed by atoms with Crippen LogP contribution in [0.2, 0.25) is 0 Å². The van der Waals surface area contributed by atoms with Gasteiger partial charge in [0.1, 0.15) is 0 Å². The zero-order valence-corrected chi connectivity index (χ0v) is 15.5. The number of nitrogens with one attached hydrogen (secondary N) is 2. The van der Waals surface area contributed by atoms with Crippen LogP contribution >= 0.6 is 0 Å². The van der Waals surface area contributed by atoms with Crippen molar-refractivity contribution in [3.63, 3.8) is 0 Å². The van der Waals surface area contributed by atoms with Gasteiger partial charge in [-0.1, -0.05) is 30.5 Å². The molecule has 1 aromatic rings. The monoisotopic (exact) mass is 362 g/mol. The van der Waals surface area contributed by atoms with Gasteiger partial charge in [-0.15, -0.1) is 6.42 Å². The molecule has 1 aromatic carbocycles. The lowest BCUT2D eigenvalue weighted by Gasteiger charge is -2.26. The number of terminal acetylenes is 1. The number of hydrogen-bond donors (Lipinski definition) is 2. The Hall–Kier alpha value is -2.04. The summed E-state index contributed by atoms with van der Waals surface area (Å²) < 4.78 is 27.5. The van der Waals surface area contributed by atoms with Gasteiger partial charge in [0.2, 0.25) is 10.0 Å². The molecule has 2 rings (SSSR count). The molecule has 0 aliphatic carbocycles. The smallest absolute Gasteiger partial charge is 0.243 e. The lowest BCUT2D eigenvalue weighted by Crippen LogP contribution is -2.37. The topological polar surface area (TPSA) is 73.8 Å². The standard InChI is InChI=1S/C18H26N4O2S/c1-3-12-20-18(19-4-2)21-15-16-10-6-7-11-17(16)25(23,24)22-13-8-5-9-14-22/h1,6-7,10-11H,4-5,8-9,12-15H2,2H3,(H2,19,20,21). The van der Waals surface area contributed by atoms with E-state index in [0.717, 1.165) is 19.3 Å². The van der Waals surface area contributed by atoms with E-state index in [0.29, 0.717) is 42.6 Å². The Balaban J connectivity index is 2.23. The summed E-state index contributed by atoms with van der Waals surface area (Å²) in [6, 6.07) is 7.06. The van der Waals surface area contributed by atoms with E-state index >= 15 is 0 Å². The van der Waals surface area contributed by atoms with Gasteiger partial charge in [-0.25, -0.2) is 13.4 Å². The van der Waals surface area contributed by atoms with Crippen LogP contribution < -0.4 is 10.6 Å². The fourth-order valence-corrected chi connectivity index (χ4v) is 4.50. The Bertz CT molecular complexity index is 732. The van der Waals surface area contributed by atoms with Crippen molar-refractivity contribution in [2.45, 2.75) is 37.6 Å². The Morgan fingerprint density at radius 3 is 2.64 bits per heavy atom. The third-order valence-electron chi connectivity index (χ3n) is 4.02. The van der Waals surface area contributed by atoms with Crippen molar-refractivity contribution in [3.8, 4) is 12.3 Å². The van der Waals surface area contributed by atoms with E-state index in [1.54, 1.807) is 16.4 Å². The summed E-state index contributed by atoms with van der Waals surface area (Å²) in [6.45, 7) is 4.47. The minimum Gasteiger partial charge on any atom is -0.357 e. The largest absolute Gasteiger partial charge is 0.357 e. The summed E-state index contributed by atoms with van der Waals surface area (Å²) in [5, 5.41) is 6.10. The van der Waals surface area contributed by atoms with Crippen molar-refractivity contribution in [3.05, 3.63) is 29.8 Å². The molecule has 6 nitrogen and oxygen atoms in total. The quantitative estimate of drug-likeness (QED) is 0.457. The number of nitrogens with zero attached hydrogens (tertiary/aromatic N) is 2. The van der Waals surface area contributed by atoms with Crippen LogP contribution in [0.15, 0.2) is 34.2 Å². The maximum absolute atomic E-state index is 13.0. The molecule has 0 radical (unpaired) electrons. The normalized spacial score (nSPS) is 16.2. The third kappa shape index (κ3) is 5.21. The van der Waals surface area contributed by atoms with E-state index in [4.69, 9.17) is 6.42 Å². The summed E-state index contributed by atoms with van der Waals surface area (Å²) in [5.74, 6) is 3.07. The molecule has 0 bridgehead atoms. The zero-order valence-electron chi connectivity index (χ0n) is 14.7. The zero-order chi connectivity index (χ0) is 18.1. The van der Waals surface area contributed by atoms with E-state index in [1.807, 2.05) is 19.1 Å². The van der Waals surface area contributed by atoms with Crippen LogP contribution in [0, 0.1) is 12.3 Å². The molecule has 0 aromatic heterocycles. The highest BCUT2D eigenvalue weighted by Gasteiger charge is 2.27. The summed E-state index contributed by atoms with van der Waals surface area (Å²) in [5.41, 5.74) is 0.686. The van der Waals surface area contributed by atoms with Gasteiger partial charge in [0.25, 0.3) is 0 Å². The van der Waals surface area contributed by atoms with E-state index in [2.05, 4.69) is 21.5 Å². The number of aliphatic imine (C=N–C) groups is 1. The predicted octanol–water partition coefficient (Wildman–Crippen LogP) is 1.55. The van der Waals surface area contributed by atoms with Gasteiger partial charge in [-0.2, -0.15) is 4.31 Å². The Labute approximate surface area is 150 Å². The van der Waals surface area contributed by atoms with Gasteiger partial charge in [0, 0.05) is 19.6 Å². The average Bonchev–Trinajstić information content (AvgIpc) is 2.65. The SMILES string of the molecule is C#CCNC(=NCc1ccccc1S(=O)(=O)N1CCCCC1)NCC. The summed E-state index contributed by atoms with van der Waals surface area (Å²) in [4.78, 5) is 4.80. The molecule has 1 saturated heterocycles. The van der Waals surface area contributed by atoms with Crippen LogP contribution in [0.4, 0.5) is 0 Å². The van der Waals surface area contributed by atoms with Gasteiger partial charge in [-0.05, 0) is 31.4 Å². The van der Waals surface area contributed by atoms with Crippen LogP contribution in [0.3, 0.4) is 0 Å². The van der Waals surface area contributed by atoms with E-state index in [9.17, 15) is 8.42 Å². The Morgan fingerprint density at radius 2 is 1.96 bits per heavy atom. The van der Waals surface area contributed by atoms with Gasteiger partial charge < -0.3 is 10.6 Å². The molecule has 1 aliphatic rings. The predicted molar refractivity (Wildman–Crippen MR) is 101 cm³/mol. The molecular weight excluding hydrogens is 336 g/mol. The number of hydrogen-bond acceptors (Lipinski definition) is 3. The molecule has 1 fully saturated rings. The van der Waals surface area contributed by atoms with Crippen molar-refractivity contribution in [2.24, 2.45) is 4.99 Å². The minimum atomic E-state index is -3.48. The summed E-state index contributed by atoms with van der Waals surface area (Å²) in [6.07, 6.45) is 8.19. The Kier molecular flexibility index (Phi) is 7.29. The second-order valence-corrected chi connectivity index (χ2v) is 7.73. The molecule has 0 atom stereocenters. The number of benzene rings is 1. The van der Waals surface area contributed by atoms with Crippen molar-refractivity contribution in [1.29, 1.82) is 0 Å². The van der Waals surface area contributed by atoms with Gasteiger partial charge in [0.05, 0.1) is 18.0 Å². The molecule has 2 N–H and O–H groups in total. The fourth-order valence-electron chi connectivity index (χ4n) is 2.77. The highest BCUT2D eigenvalue weighted by molar-refractivity contribution is 7.89. The highest BCUT2D eigenvalue weighted by atomic mass is 32.2. The number of rotatable bonds is 6. The first-order chi connectivity index (χ1) is 12.1. The molecule has 0 spiro atoms. The van der Waals surface area contributed by atoms with Crippen molar-refractivity contribution in [1.82, 2.24) is 14.9 Å². The van der Waals surface area contributed by atoms with Crippen LogP contribution in [0.1, 0.15) is 31.7 Å². The molecule has 136 valence electrons. The highest BCUT2D eigenvalue weighted by Crippen LogP contribution is 2.24. The van der Waals surface area contributed by atoms with Gasteiger partial charge in [0.15, 0.2) is 5.96 Å². The van der Waals surface area contributed by atoms with Crippen LogP contribution in [-0.4, -0.2) is 44.9 Å². The lowest BCUT2D eigenvalue weighted by atomic mass is 10.2. The molecular formula is C18H26N4O2S. The molecule has 1 heterocycles. The first kappa shape index (κ1) is 19.3. The lowest BCUT2D eigenvalue weighted by molar-refractivity contribution is 0.346. The fraction of sp³-hybridized carbons (Fsp3) is 0.500. The summed E-state index contributed by atoms with van der Waals surface area (Å²) in [7, 11) is -3.48. The maximum Gasteiger partial charge on any atom is 0.243 e. The average molecular weight is 362 g/mol. The number of guanidine groups is 1. The second-order valence-electron chi connectivity index (χ2n) is 5.83. The van der Waals surface area contributed by atoms with Crippen LogP contribution in [-0.2, 0) is 16.6 Å². The van der Waals surface area contributed by atoms with Crippen molar-refractivity contribution in [2.75, 3.05) is 26.2 Å².